The SMILES string of the molecule is C=C(C)/N=C1/CCCCN1C. The Balaban J connectivity index is 2.60. The van der Waals surface area contributed by atoms with E-state index in [1.165, 1.54) is 18.7 Å². The van der Waals surface area contributed by atoms with Crippen molar-refractivity contribution in [2.75, 3.05) is 13.6 Å². The van der Waals surface area contributed by atoms with E-state index in [1.54, 1.807) is 0 Å². The van der Waals surface area contributed by atoms with E-state index in [2.05, 4.69) is 23.5 Å². The van der Waals surface area contributed by atoms with Crippen LogP contribution in [-0.4, -0.2) is 24.3 Å². The maximum absolute atomic E-state index is 4.37. The molecule has 0 aromatic carbocycles. The van der Waals surface area contributed by atoms with Crippen LogP contribution < -0.4 is 0 Å². The van der Waals surface area contributed by atoms with Gasteiger partial charge in [-0.15, -0.1) is 0 Å². The summed E-state index contributed by atoms with van der Waals surface area (Å²) < 4.78 is 0. The number of piperidine rings is 1. The molecule has 11 heavy (non-hydrogen) atoms. The number of nitrogens with zero attached hydrogens (tertiary/aromatic N) is 2. The minimum atomic E-state index is 0.911. The van der Waals surface area contributed by atoms with E-state index in [9.17, 15) is 0 Å². The molecular formula is C9H16N2. The molecule has 0 bridgehead atoms. The zero-order chi connectivity index (χ0) is 8.27. The van der Waals surface area contributed by atoms with Crippen LogP contribution in [0.15, 0.2) is 17.3 Å². The first kappa shape index (κ1) is 8.31. The normalized spacial score (nSPS) is 22.4. The van der Waals surface area contributed by atoms with Crippen molar-refractivity contribution in [1.29, 1.82) is 0 Å². The summed E-state index contributed by atoms with van der Waals surface area (Å²) in [7, 11) is 2.10. The van der Waals surface area contributed by atoms with Crippen LogP contribution in [0.5, 0.6) is 0 Å². The highest BCUT2D eigenvalue weighted by atomic mass is 15.2. The highest BCUT2D eigenvalue weighted by Crippen LogP contribution is 2.11. The number of amidine groups is 1. The summed E-state index contributed by atoms with van der Waals surface area (Å²) in [5.41, 5.74) is 0.911. The molecule has 1 heterocycles. The lowest BCUT2D eigenvalue weighted by molar-refractivity contribution is 0.433. The van der Waals surface area contributed by atoms with Gasteiger partial charge in [-0.2, -0.15) is 0 Å². The van der Waals surface area contributed by atoms with E-state index in [-0.39, 0.29) is 0 Å². The Kier molecular flexibility index (Phi) is 2.69. The van der Waals surface area contributed by atoms with Crippen molar-refractivity contribution >= 4 is 5.84 Å². The van der Waals surface area contributed by atoms with Gasteiger partial charge in [0, 0.05) is 25.7 Å². The number of hydrogen-bond acceptors (Lipinski definition) is 1. The lowest BCUT2D eigenvalue weighted by Gasteiger charge is -2.25. The average Bonchev–Trinajstić information content (AvgIpc) is 1.93. The molecule has 0 spiro atoms. The second-order valence-electron chi connectivity index (χ2n) is 3.14. The Morgan fingerprint density at radius 3 is 2.82 bits per heavy atom. The largest absolute Gasteiger partial charge is 0.363 e. The fraction of sp³-hybridized carbons (Fsp3) is 0.667. The zero-order valence-corrected chi connectivity index (χ0v) is 7.43. The first-order valence-electron chi connectivity index (χ1n) is 4.14. The highest BCUT2D eigenvalue weighted by molar-refractivity contribution is 5.83. The van der Waals surface area contributed by atoms with Gasteiger partial charge in [-0.1, -0.05) is 6.58 Å². The molecule has 0 saturated carbocycles. The van der Waals surface area contributed by atoms with Crippen molar-refractivity contribution < 1.29 is 0 Å². The molecule has 1 saturated heterocycles. The Hall–Kier alpha value is -0.790. The van der Waals surface area contributed by atoms with E-state index in [1.807, 2.05) is 6.92 Å². The molecule has 1 rings (SSSR count). The molecule has 2 heteroatoms. The Morgan fingerprint density at radius 2 is 2.27 bits per heavy atom. The molecule has 1 aliphatic heterocycles. The third-order valence-corrected chi connectivity index (χ3v) is 1.90. The predicted octanol–water partition coefficient (Wildman–Crippen LogP) is 2.03. The molecular weight excluding hydrogens is 136 g/mol. The summed E-state index contributed by atoms with van der Waals surface area (Å²) in [4.78, 5) is 6.59. The summed E-state index contributed by atoms with van der Waals surface area (Å²) in [6, 6.07) is 0. The van der Waals surface area contributed by atoms with Gasteiger partial charge in [0.25, 0.3) is 0 Å². The lowest BCUT2D eigenvalue weighted by Crippen LogP contribution is -2.31. The Bertz CT molecular complexity index is 182. The van der Waals surface area contributed by atoms with Gasteiger partial charge >= 0.3 is 0 Å². The highest BCUT2D eigenvalue weighted by Gasteiger charge is 2.11. The number of rotatable bonds is 1. The molecule has 0 aromatic rings. The Labute approximate surface area is 68.6 Å². The topological polar surface area (TPSA) is 15.6 Å². The summed E-state index contributed by atoms with van der Waals surface area (Å²) in [6.45, 7) is 6.85. The lowest BCUT2D eigenvalue weighted by atomic mass is 10.1. The molecule has 2 nitrogen and oxygen atoms in total. The predicted molar refractivity (Wildman–Crippen MR) is 48.7 cm³/mol. The quantitative estimate of drug-likeness (QED) is 0.561. The fourth-order valence-corrected chi connectivity index (χ4v) is 1.31. The third kappa shape index (κ3) is 2.37. The van der Waals surface area contributed by atoms with Crippen molar-refractivity contribution in [2.24, 2.45) is 4.99 Å². The number of allylic oxidation sites excluding steroid dienone is 1. The molecule has 0 amide bonds. The van der Waals surface area contributed by atoms with Crippen LogP contribution in [0.25, 0.3) is 0 Å². The van der Waals surface area contributed by atoms with Crippen LogP contribution in [0.4, 0.5) is 0 Å². The number of aliphatic imine (C=N–C) groups is 1. The van der Waals surface area contributed by atoms with Crippen molar-refractivity contribution in [1.82, 2.24) is 4.90 Å². The van der Waals surface area contributed by atoms with Gasteiger partial charge in [0.05, 0.1) is 0 Å². The first-order valence-corrected chi connectivity index (χ1v) is 4.14. The fourth-order valence-electron chi connectivity index (χ4n) is 1.31. The van der Waals surface area contributed by atoms with Gasteiger partial charge < -0.3 is 4.90 Å². The zero-order valence-electron chi connectivity index (χ0n) is 7.43. The van der Waals surface area contributed by atoms with E-state index in [0.29, 0.717) is 0 Å². The van der Waals surface area contributed by atoms with E-state index in [4.69, 9.17) is 0 Å². The van der Waals surface area contributed by atoms with Crippen LogP contribution in [0, 0.1) is 0 Å². The minimum Gasteiger partial charge on any atom is -0.363 e. The summed E-state index contributed by atoms with van der Waals surface area (Å²) in [5, 5.41) is 0. The molecule has 0 aliphatic carbocycles. The van der Waals surface area contributed by atoms with Crippen molar-refractivity contribution in [3.05, 3.63) is 12.3 Å². The molecule has 0 N–H and O–H groups in total. The second-order valence-corrected chi connectivity index (χ2v) is 3.14. The number of likely N-dealkylation sites (tertiary alicyclic amines) is 1. The molecule has 62 valence electrons. The van der Waals surface area contributed by atoms with Gasteiger partial charge in [0.15, 0.2) is 0 Å². The maximum atomic E-state index is 4.37. The maximum Gasteiger partial charge on any atom is 0.104 e. The molecule has 0 atom stereocenters. The van der Waals surface area contributed by atoms with Crippen LogP contribution >= 0.6 is 0 Å². The molecule has 0 radical (unpaired) electrons. The first-order chi connectivity index (χ1) is 5.20. The summed E-state index contributed by atoms with van der Waals surface area (Å²) >= 11 is 0. The van der Waals surface area contributed by atoms with E-state index >= 15 is 0 Å². The minimum absolute atomic E-state index is 0.911. The van der Waals surface area contributed by atoms with Crippen LogP contribution in [0.3, 0.4) is 0 Å². The van der Waals surface area contributed by atoms with Crippen LogP contribution in [0.1, 0.15) is 26.2 Å². The summed E-state index contributed by atoms with van der Waals surface area (Å²) in [5.74, 6) is 1.20. The number of hydrogen-bond donors (Lipinski definition) is 0. The standard InChI is InChI=1S/C9H16N2/c1-8(2)10-9-6-4-5-7-11(9)3/h1,4-7H2,2-3H3/b10-9-. The van der Waals surface area contributed by atoms with Crippen molar-refractivity contribution in [2.45, 2.75) is 26.2 Å². The third-order valence-electron chi connectivity index (χ3n) is 1.90. The molecule has 0 unspecified atom stereocenters. The second kappa shape index (κ2) is 3.56. The van der Waals surface area contributed by atoms with Gasteiger partial charge in [-0.05, 0) is 19.8 Å². The van der Waals surface area contributed by atoms with Gasteiger partial charge in [-0.3, -0.25) is 0 Å². The van der Waals surface area contributed by atoms with E-state index in [0.717, 1.165) is 18.7 Å². The smallest absolute Gasteiger partial charge is 0.104 e. The van der Waals surface area contributed by atoms with Gasteiger partial charge in [0.2, 0.25) is 0 Å². The van der Waals surface area contributed by atoms with Crippen LogP contribution in [0.2, 0.25) is 0 Å². The van der Waals surface area contributed by atoms with Crippen molar-refractivity contribution in [3.8, 4) is 0 Å². The Morgan fingerprint density at radius 1 is 1.55 bits per heavy atom. The average molecular weight is 152 g/mol. The molecule has 1 fully saturated rings. The van der Waals surface area contributed by atoms with Crippen LogP contribution in [-0.2, 0) is 0 Å². The van der Waals surface area contributed by atoms with Gasteiger partial charge in [0.1, 0.15) is 5.84 Å². The van der Waals surface area contributed by atoms with Gasteiger partial charge in [-0.25, -0.2) is 4.99 Å². The van der Waals surface area contributed by atoms with Crippen molar-refractivity contribution in [3.63, 3.8) is 0 Å². The van der Waals surface area contributed by atoms with E-state index < -0.39 is 0 Å². The molecule has 0 aromatic heterocycles. The monoisotopic (exact) mass is 152 g/mol. The summed E-state index contributed by atoms with van der Waals surface area (Å²) in [6.07, 6.45) is 3.69. The molecule has 1 aliphatic rings.